The summed E-state index contributed by atoms with van der Waals surface area (Å²) in [6.45, 7) is 0. The highest BCUT2D eigenvalue weighted by Gasteiger charge is 2.22. The minimum absolute atomic E-state index is 0.188. The van der Waals surface area contributed by atoms with Crippen molar-refractivity contribution >= 4 is 64.4 Å². The highest BCUT2D eigenvalue weighted by Crippen LogP contribution is 2.42. The molecule has 38 heavy (non-hydrogen) atoms. The van der Waals surface area contributed by atoms with E-state index in [1.807, 2.05) is 48.5 Å². The van der Waals surface area contributed by atoms with Gasteiger partial charge >= 0.3 is 0 Å². The largest absolute Gasteiger partial charge is 0.507 e. The number of nitrogens with zero attached hydrogens (tertiary/aromatic N) is 2. The zero-order valence-corrected chi connectivity index (χ0v) is 23.2. The Hall–Kier alpha value is -3.93. The summed E-state index contributed by atoms with van der Waals surface area (Å²) >= 11 is 7.37. The summed E-state index contributed by atoms with van der Waals surface area (Å²) in [5.41, 5.74) is 5.64. The molecule has 0 spiro atoms. The van der Waals surface area contributed by atoms with E-state index in [0.717, 1.165) is 58.3 Å². The summed E-state index contributed by atoms with van der Waals surface area (Å²) in [4.78, 5) is 5.27. The van der Waals surface area contributed by atoms with Gasteiger partial charge in [-0.2, -0.15) is 0 Å². The minimum Gasteiger partial charge on any atom is -0.507 e. The number of hydrogen-bond acceptors (Lipinski definition) is 2. The lowest BCUT2D eigenvalue weighted by molar-refractivity contribution is 0.477. The monoisotopic (exact) mass is 618 g/mol. The highest BCUT2D eigenvalue weighted by molar-refractivity contribution is 9.10. The van der Waals surface area contributed by atoms with Gasteiger partial charge < -0.3 is 5.11 Å². The molecule has 0 saturated heterocycles. The van der Waals surface area contributed by atoms with Crippen molar-refractivity contribution in [1.82, 2.24) is 9.55 Å². The van der Waals surface area contributed by atoms with E-state index in [9.17, 15) is 5.11 Å². The Labute approximate surface area is 236 Å². The van der Waals surface area contributed by atoms with Crippen LogP contribution in [0.15, 0.2) is 124 Å². The van der Waals surface area contributed by atoms with Crippen molar-refractivity contribution in [1.29, 1.82) is 0 Å². The summed E-state index contributed by atoms with van der Waals surface area (Å²) in [6.07, 6.45) is 0. The molecule has 1 heterocycles. The molecule has 7 rings (SSSR count). The molecule has 6 aromatic carbocycles. The van der Waals surface area contributed by atoms with Crippen molar-refractivity contribution in [2.24, 2.45) is 0 Å². The number of imidazole rings is 1. The van der Waals surface area contributed by atoms with Crippen LogP contribution in [-0.4, -0.2) is 14.7 Å². The van der Waals surface area contributed by atoms with Crippen LogP contribution in [0.1, 0.15) is 0 Å². The van der Waals surface area contributed by atoms with E-state index < -0.39 is 0 Å². The van der Waals surface area contributed by atoms with Crippen molar-refractivity contribution in [3.8, 4) is 34.0 Å². The average molecular weight is 620 g/mol. The van der Waals surface area contributed by atoms with Gasteiger partial charge in [-0.05, 0) is 70.4 Å². The summed E-state index contributed by atoms with van der Waals surface area (Å²) in [6, 6.07) is 38.9. The zero-order valence-electron chi connectivity index (χ0n) is 20.1. The molecule has 0 fully saturated rings. The number of phenolic OH excluding ortho intramolecular Hbond substituents is 1. The number of rotatable bonds is 3. The van der Waals surface area contributed by atoms with Gasteiger partial charge in [-0.15, -0.1) is 0 Å². The van der Waals surface area contributed by atoms with Gasteiger partial charge in [0.2, 0.25) is 0 Å². The molecule has 0 radical (unpaired) electrons. The summed E-state index contributed by atoms with van der Waals surface area (Å²) in [5, 5.41) is 15.6. The van der Waals surface area contributed by atoms with Crippen molar-refractivity contribution in [2.45, 2.75) is 0 Å². The maximum atomic E-state index is 11.2. The molecule has 0 aliphatic carbocycles. The van der Waals surface area contributed by atoms with Crippen molar-refractivity contribution < 1.29 is 5.11 Å². The first-order valence-corrected chi connectivity index (χ1v) is 13.8. The molecule has 1 aromatic heterocycles. The molecular formula is C33H20Br2N2O. The van der Waals surface area contributed by atoms with Crippen LogP contribution in [0, 0.1) is 0 Å². The summed E-state index contributed by atoms with van der Waals surface area (Å²) < 4.78 is 4.17. The lowest BCUT2D eigenvalue weighted by Crippen LogP contribution is -1.98. The van der Waals surface area contributed by atoms with Gasteiger partial charge in [0, 0.05) is 25.4 Å². The third-order valence-corrected chi connectivity index (χ3v) is 7.99. The fourth-order valence-corrected chi connectivity index (χ4v) is 6.01. The molecule has 0 atom stereocenters. The van der Waals surface area contributed by atoms with E-state index in [1.165, 1.54) is 0 Å². The minimum atomic E-state index is 0.188. The van der Waals surface area contributed by atoms with Crippen molar-refractivity contribution in [3.05, 3.63) is 124 Å². The second kappa shape index (κ2) is 9.12. The molecule has 3 nitrogen and oxygen atoms in total. The molecule has 5 heteroatoms. The van der Waals surface area contributed by atoms with Crippen molar-refractivity contribution in [2.75, 3.05) is 0 Å². The Morgan fingerprint density at radius 1 is 0.579 bits per heavy atom. The van der Waals surface area contributed by atoms with Crippen LogP contribution in [0.2, 0.25) is 0 Å². The first-order chi connectivity index (χ1) is 18.6. The molecule has 0 bridgehead atoms. The molecule has 7 aromatic rings. The molecule has 0 aliphatic rings. The van der Waals surface area contributed by atoms with E-state index >= 15 is 0 Å². The first-order valence-electron chi connectivity index (χ1n) is 12.3. The maximum absolute atomic E-state index is 11.2. The molecule has 0 amide bonds. The normalized spacial score (nSPS) is 11.5. The number of aromatic hydroxyl groups is 1. The SMILES string of the molecule is Oc1ccc(-c2ccccc2)cc1-c1nc2c3cc(Br)ccc3c3ccc(Br)cc3c2n1-c1ccccc1. The van der Waals surface area contributed by atoms with Gasteiger partial charge in [0.05, 0.1) is 16.6 Å². The number of benzene rings is 6. The lowest BCUT2D eigenvalue weighted by atomic mass is 10.00. The van der Waals surface area contributed by atoms with E-state index in [4.69, 9.17) is 4.98 Å². The Balaban J connectivity index is 1.67. The zero-order chi connectivity index (χ0) is 25.8. The lowest BCUT2D eigenvalue weighted by Gasteiger charge is -2.14. The van der Waals surface area contributed by atoms with Crippen LogP contribution in [0.4, 0.5) is 0 Å². The number of hydrogen-bond donors (Lipinski definition) is 1. The number of phenols is 1. The smallest absolute Gasteiger partial charge is 0.149 e. The Morgan fingerprint density at radius 3 is 1.92 bits per heavy atom. The molecule has 182 valence electrons. The summed E-state index contributed by atoms with van der Waals surface area (Å²) in [7, 11) is 0. The van der Waals surface area contributed by atoms with Gasteiger partial charge in [0.15, 0.2) is 0 Å². The van der Waals surface area contributed by atoms with Gasteiger partial charge in [0.25, 0.3) is 0 Å². The molecule has 1 N–H and O–H groups in total. The van der Waals surface area contributed by atoms with Crippen LogP contribution >= 0.6 is 31.9 Å². The van der Waals surface area contributed by atoms with Gasteiger partial charge in [-0.25, -0.2) is 4.98 Å². The predicted molar refractivity (Wildman–Crippen MR) is 164 cm³/mol. The molecule has 0 saturated carbocycles. The van der Waals surface area contributed by atoms with Crippen LogP contribution in [0.25, 0.3) is 60.8 Å². The van der Waals surface area contributed by atoms with Crippen molar-refractivity contribution in [3.63, 3.8) is 0 Å². The predicted octanol–water partition coefficient (Wildman–Crippen LogP) is 9.90. The third-order valence-electron chi connectivity index (χ3n) is 7.00. The highest BCUT2D eigenvalue weighted by atomic mass is 79.9. The number of halogens is 2. The molecule has 0 aliphatic heterocycles. The van der Waals surface area contributed by atoms with E-state index in [-0.39, 0.29) is 5.75 Å². The summed E-state index contributed by atoms with van der Waals surface area (Å²) in [5.74, 6) is 0.878. The van der Waals surface area contributed by atoms with Gasteiger partial charge in [-0.3, -0.25) is 4.57 Å². The second-order valence-electron chi connectivity index (χ2n) is 9.28. The molecule has 0 unspecified atom stereocenters. The van der Waals surface area contributed by atoms with Crippen LogP contribution in [0.3, 0.4) is 0 Å². The number of para-hydroxylation sites is 1. The third kappa shape index (κ3) is 3.73. The van der Waals surface area contributed by atoms with Gasteiger partial charge in [0.1, 0.15) is 11.6 Å². The fraction of sp³-hybridized carbons (Fsp3) is 0. The number of fused-ring (bicyclic) bond motifs is 6. The van der Waals surface area contributed by atoms with E-state index in [1.54, 1.807) is 6.07 Å². The van der Waals surface area contributed by atoms with Crippen LogP contribution in [0.5, 0.6) is 5.75 Å². The first kappa shape index (κ1) is 23.2. The average Bonchev–Trinajstić information content (AvgIpc) is 3.35. The Bertz CT molecular complexity index is 2000. The maximum Gasteiger partial charge on any atom is 0.149 e. The fourth-order valence-electron chi connectivity index (χ4n) is 5.29. The quantitative estimate of drug-likeness (QED) is 0.200. The van der Waals surface area contributed by atoms with E-state index in [2.05, 4.69) is 97.1 Å². The van der Waals surface area contributed by atoms with E-state index in [0.29, 0.717) is 11.4 Å². The van der Waals surface area contributed by atoms with Gasteiger partial charge in [-0.1, -0.05) is 98.6 Å². The number of aromatic nitrogens is 2. The molecular weight excluding hydrogens is 600 g/mol. The second-order valence-corrected chi connectivity index (χ2v) is 11.1. The standard InChI is InChI=1S/C33H20Br2N2O/c34-22-12-14-25-26-15-13-23(35)19-28(26)32-31(27(25)18-22)36-33(37(32)24-9-5-2-6-10-24)29-17-21(11-16-30(29)38)20-7-3-1-4-8-20/h1-19,38H. The Morgan fingerprint density at radius 2 is 1.21 bits per heavy atom. The van der Waals surface area contributed by atoms with Crippen LogP contribution in [-0.2, 0) is 0 Å². The Kier molecular flexibility index (Phi) is 5.57. The topological polar surface area (TPSA) is 38.1 Å². The van der Waals surface area contributed by atoms with Crippen LogP contribution < -0.4 is 0 Å².